The van der Waals surface area contributed by atoms with E-state index < -0.39 is 0 Å². The molecule has 3 aromatic rings. The topological polar surface area (TPSA) is 52.0 Å². The number of carbonyl (C=O) groups is 1. The molecule has 0 unspecified atom stereocenters. The molecule has 0 spiro atoms. The number of hydrogen-bond donors (Lipinski definition) is 0. The lowest BCUT2D eigenvalue weighted by molar-refractivity contribution is -0.117. The standard InChI is InChI=1S/C21H20N2O2/c1-16(24)15-23-20(18-10-6-3-7-11-18)14-22-19(21(23)25)13-12-17-8-4-2-5-9-17/h2-11,14H,12-13,15H2,1H3. The molecule has 0 saturated heterocycles. The number of Topliss-reactive ketones (excluding diaryl/α,β-unsaturated/α-hetero) is 1. The van der Waals surface area contributed by atoms with Crippen LogP contribution in [0.1, 0.15) is 18.2 Å². The molecule has 1 heterocycles. The summed E-state index contributed by atoms with van der Waals surface area (Å²) >= 11 is 0. The van der Waals surface area contributed by atoms with E-state index in [4.69, 9.17) is 0 Å². The molecule has 0 fully saturated rings. The monoisotopic (exact) mass is 332 g/mol. The lowest BCUT2D eigenvalue weighted by Gasteiger charge is -2.13. The van der Waals surface area contributed by atoms with Crippen LogP contribution in [0.2, 0.25) is 0 Å². The van der Waals surface area contributed by atoms with Crippen LogP contribution in [-0.4, -0.2) is 15.3 Å². The Morgan fingerprint density at radius 1 is 0.960 bits per heavy atom. The SMILES string of the molecule is CC(=O)Cn1c(-c2ccccc2)cnc(CCc2ccccc2)c1=O. The Bertz CT molecular complexity index is 916. The molecule has 0 aliphatic carbocycles. The van der Waals surface area contributed by atoms with E-state index in [-0.39, 0.29) is 17.9 Å². The van der Waals surface area contributed by atoms with Crippen LogP contribution in [0.4, 0.5) is 0 Å². The van der Waals surface area contributed by atoms with Gasteiger partial charge in [0.05, 0.1) is 18.4 Å². The van der Waals surface area contributed by atoms with E-state index in [1.54, 1.807) is 6.20 Å². The molecule has 0 radical (unpaired) electrons. The fourth-order valence-electron chi connectivity index (χ4n) is 2.83. The van der Waals surface area contributed by atoms with E-state index in [2.05, 4.69) is 4.98 Å². The number of nitrogens with zero attached hydrogens (tertiary/aromatic N) is 2. The molecule has 4 nitrogen and oxygen atoms in total. The predicted molar refractivity (Wildman–Crippen MR) is 98.5 cm³/mol. The summed E-state index contributed by atoms with van der Waals surface area (Å²) in [6.07, 6.45) is 2.99. The number of carbonyl (C=O) groups excluding carboxylic acids is 1. The zero-order valence-corrected chi connectivity index (χ0v) is 14.2. The Balaban J connectivity index is 1.96. The maximum atomic E-state index is 12.9. The Kier molecular flexibility index (Phi) is 5.19. The van der Waals surface area contributed by atoms with Crippen molar-refractivity contribution in [1.29, 1.82) is 0 Å². The van der Waals surface area contributed by atoms with Gasteiger partial charge in [0, 0.05) is 0 Å². The zero-order valence-electron chi connectivity index (χ0n) is 14.2. The Morgan fingerprint density at radius 3 is 2.24 bits per heavy atom. The number of aromatic nitrogens is 2. The van der Waals surface area contributed by atoms with Crippen molar-refractivity contribution in [3.8, 4) is 11.3 Å². The molecule has 25 heavy (non-hydrogen) atoms. The predicted octanol–water partition coefficient (Wildman–Crippen LogP) is 3.28. The van der Waals surface area contributed by atoms with E-state index in [0.29, 0.717) is 17.8 Å². The van der Waals surface area contributed by atoms with Crippen molar-refractivity contribution >= 4 is 5.78 Å². The zero-order chi connectivity index (χ0) is 17.6. The van der Waals surface area contributed by atoms with E-state index in [1.807, 2.05) is 60.7 Å². The second-order valence-corrected chi connectivity index (χ2v) is 6.04. The number of benzene rings is 2. The van der Waals surface area contributed by atoms with Gasteiger partial charge in [0.15, 0.2) is 0 Å². The minimum Gasteiger partial charge on any atom is -0.298 e. The van der Waals surface area contributed by atoms with Crippen LogP contribution >= 0.6 is 0 Å². The van der Waals surface area contributed by atoms with Crippen LogP contribution in [0.25, 0.3) is 11.3 Å². The minimum atomic E-state index is -0.188. The summed E-state index contributed by atoms with van der Waals surface area (Å²) in [5.74, 6) is -0.0560. The number of aryl methyl sites for hydroxylation is 2. The fourth-order valence-corrected chi connectivity index (χ4v) is 2.83. The van der Waals surface area contributed by atoms with Crippen LogP contribution in [0.5, 0.6) is 0 Å². The maximum absolute atomic E-state index is 12.9. The van der Waals surface area contributed by atoms with Gasteiger partial charge >= 0.3 is 0 Å². The van der Waals surface area contributed by atoms with Crippen molar-refractivity contribution in [2.45, 2.75) is 26.3 Å². The number of ketones is 1. The first-order valence-electron chi connectivity index (χ1n) is 8.32. The molecule has 4 heteroatoms. The molecule has 0 aliphatic rings. The first-order valence-corrected chi connectivity index (χ1v) is 8.32. The largest absolute Gasteiger partial charge is 0.298 e. The quantitative estimate of drug-likeness (QED) is 0.696. The van der Waals surface area contributed by atoms with Crippen molar-refractivity contribution in [2.75, 3.05) is 0 Å². The third-order valence-electron chi connectivity index (χ3n) is 4.07. The lowest BCUT2D eigenvalue weighted by Crippen LogP contribution is -2.29. The molecule has 0 N–H and O–H groups in total. The number of hydrogen-bond acceptors (Lipinski definition) is 3. The van der Waals surface area contributed by atoms with E-state index in [1.165, 1.54) is 11.5 Å². The molecule has 1 aromatic heterocycles. The summed E-state index contributed by atoms with van der Waals surface area (Å²) in [5, 5.41) is 0. The van der Waals surface area contributed by atoms with Crippen LogP contribution in [0, 0.1) is 0 Å². The molecule has 0 saturated carbocycles. The molecule has 0 bridgehead atoms. The lowest BCUT2D eigenvalue weighted by atomic mass is 10.1. The normalized spacial score (nSPS) is 10.6. The average molecular weight is 332 g/mol. The summed E-state index contributed by atoms with van der Waals surface area (Å²) < 4.78 is 1.53. The van der Waals surface area contributed by atoms with Gasteiger partial charge in [0.1, 0.15) is 11.5 Å². The van der Waals surface area contributed by atoms with Crippen molar-refractivity contribution < 1.29 is 4.79 Å². The minimum absolute atomic E-state index is 0.0560. The number of rotatable bonds is 6. The summed E-state index contributed by atoms with van der Waals surface area (Å²) in [6.45, 7) is 1.55. The Labute approximate surface area is 146 Å². The van der Waals surface area contributed by atoms with E-state index in [0.717, 1.165) is 17.5 Å². The molecule has 3 rings (SSSR count). The van der Waals surface area contributed by atoms with Gasteiger partial charge < -0.3 is 0 Å². The summed E-state index contributed by atoms with van der Waals surface area (Å²) in [6, 6.07) is 19.5. The summed E-state index contributed by atoms with van der Waals surface area (Å²) in [5.41, 5.74) is 3.01. The molecule has 0 amide bonds. The third-order valence-corrected chi connectivity index (χ3v) is 4.07. The third kappa shape index (κ3) is 4.10. The molecule has 126 valence electrons. The van der Waals surface area contributed by atoms with Gasteiger partial charge in [-0.1, -0.05) is 60.7 Å². The van der Waals surface area contributed by atoms with Gasteiger partial charge in [0.25, 0.3) is 5.56 Å². The van der Waals surface area contributed by atoms with Crippen LogP contribution in [-0.2, 0) is 24.2 Å². The van der Waals surface area contributed by atoms with Gasteiger partial charge in [-0.05, 0) is 30.9 Å². The highest BCUT2D eigenvalue weighted by Gasteiger charge is 2.13. The van der Waals surface area contributed by atoms with E-state index >= 15 is 0 Å². The summed E-state index contributed by atoms with van der Waals surface area (Å²) in [4.78, 5) is 28.9. The summed E-state index contributed by atoms with van der Waals surface area (Å²) in [7, 11) is 0. The molecule has 2 aromatic carbocycles. The molecular weight excluding hydrogens is 312 g/mol. The van der Waals surface area contributed by atoms with Crippen molar-refractivity contribution in [3.63, 3.8) is 0 Å². The van der Waals surface area contributed by atoms with Crippen molar-refractivity contribution in [3.05, 3.63) is 88.5 Å². The molecular formula is C21H20N2O2. The van der Waals surface area contributed by atoms with Crippen LogP contribution in [0.15, 0.2) is 71.7 Å². The van der Waals surface area contributed by atoms with Gasteiger partial charge in [-0.3, -0.25) is 19.1 Å². The smallest absolute Gasteiger partial charge is 0.273 e. The highest BCUT2D eigenvalue weighted by Crippen LogP contribution is 2.17. The van der Waals surface area contributed by atoms with Crippen LogP contribution < -0.4 is 5.56 Å². The molecule has 0 aliphatic heterocycles. The first kappa shape index (κ1) is 16.8. The first-order chi connectivity index (χ1) is 12.1. The maximum Gasteiger partial charge on any atom is 0.273 e. The second-order valence-electron chi connectivity index (χ2n) is 6.04. The second kappa shape index (κ2) is 7.71. The van der Waals surface area contributed by atoms with Gasteiger partial charge in [-0.2, -0.15) is 0 Å². The highest BCUT2D eigenvalue weighted by atomic mass is 16.1. The highest BCUT2D eigenvalue weighted by molar-refractivity contribution is 5.76. The fraction of sp³-hybridized carbons (Fsp3) is 0.190. The van der Waals surface area contributed by atoms with Gasteiger partial charge in [-0.25, -0.2) is 0 Å². The van der Waals surface area contributed by atoms with Crippen molar-refractivity contribution in [1.82, 2.24) is 9.55 Å². The Morgan fingerprint density at radius 2 is 1.60 bits per heavy atom. The average Bonchev–Trinajstić information content (AvgIpc) is 2.63. The van der Waals surface area contributed by atoms with Gasteiger partial charge in [-0.15, -0.1) is 0 Å². The van der Waals surface area contributed by atoms with Crippen LogP contribution in [0.3, 0.4) is 0 Å². The van der Waals surface area contributed by atoms with Gasteiger partial charge in [0.2, 0.25) is 0 Å². The van der Waals surface area contributed by atoms with Crippen molar-refractivity contribution in [2.24, 2.45) is 0 Å². The van der Waals surface area contributed by atoms with E-state index in [9.17, 15) is 9.59 Å². The Hall–Kier alpha value is -3.01. The molecule has 0 atom stereocenters.